The van der Waals surface area contributed by atoms with Gasteiger partial charge in [0.2, 0.25) is 0 Å². The number of ether oxygens (including phenoxy) is 2. The summed E-state index contributed by atoms with van der Waals surface area (Å²) in [6.45, 7) is 4.33. The van der Waals surface area contributed by atoms with Crippen molar-refractivity contribution in [3.63, 3.8) is 0 Å². The molecule has 0 rings (SSSR count). The van der Waals surface area contributed by atoms with Crippen LogP contribution >= 0.6 is 7.82 Å². The van der Waals surface area contributed by atoms with Crippen molar-refractivity contribution in [3.05, 3.63) is 48.6 Å². The second-order valence-corrected chi connectivity index (χ2v) is 17.5. The van der Waals surface area contributed by atoms with Crippen LogP contribution in [0.25, 0.3) is 0 Å². The van der Waals surface area contributed by atoms with Gasteiger partial charge in [-0.25, -0.2) is 4.57 Å². The summed E-state index contributed by atoms with van der Waals surface area (Å²) >= 11 is 0. The highest BCUT2D eigenvalue weighted by Gasteiger charge is 2.27. The number of esters is 2. The van der Waals surface area contributed by atoms with Gasteiger partial charge < -0.3 is 18.9 Å². The van der Waals surface area contributed by atoms with Crippen molar-refractivity contribution in [3.8, 4) is 0 Å². The van der Waals surface area contributed by atoms with Crippen LogP contribution < -0.4 is 0 Å². The normalized spacial score (nSPS) is 14.0. The molecular formula is C46H85NO8P+. The molecule has 0 aliphatic heterocycles. The van der Waals surface area contributed by atoms with Crippen LogP contribution in [0.15, 0.2) is 48.6 Å². The molecule has 0 spiro atoms. The number of phosphoric acid groups is 1. The van der Waals surface area contributed by atoms with Crippen LogP contribution in [-0.2, 0) is 32.7 Å². The topological polar surface area (TPSA) is 108 Å². The Kier molecular flexibility index (Phi) is 37.1. The molecule has 0 aromatic carbocycles. The van der Waals surface area contributed by atoms with Crippen molar-refractivity contribution in [2.75, 3.05) is 47.5 Å². The maximum atomic E-state index is 12.7. The van der Waals surface area contributed by atoms with Crippen molar-refractivity contribution in [2.24, 2.45) is 0 Å². The number of hydrogen-bond acceptors (Lipinski definition) is 7. The maximum Gasteiger partial charge on any atom is 0.472 e. The zero-order valence-electron chi connectivity index (χ0n) is 36.6. The van der Waals surface area contributed by atoms with Gasteiger partial charge in [-0.1, -0.05) is 140 Å². The molecule has 9 nitrogen and oxygen atoms in total. The molecule has 0 radical (unpaired) electrons. The van der Waals surface area contributed by atoms with E-state index in [0.717, 1.165) is 51.4 Å². The molecule has 1 unspecified atom stereocenters. The molecule has 0 aliphatic rings. The van der Waals surface area contributed by atoms with E-state index in [1.54, 1.807) is 0 Å². The number of quaternary nitrogens is 1. The Bertz CT molecular complexity index is 1100. The van der Waals surface area contributed by atoms with Crippen molar-refractivity contribution < 1.29 is 42.1 Å². The second-order valence-electron chi connectivity index (χ2n) is 16.1. The van der Waals surface area contributed by atoms with E-state index in [1.807, 2.05) is 21.1 Å². The lowest BCUT2D eigenvalue weighted by Gasteiger charge is -2.24. The highest BCUT2D eigenvalue weighted by molar-refractivity contribution is 7.47. The zero-order valence-corrected chi connectivity index (χ0v) is 37.5. The summed E-state index contributed by atoms with van der Waals surface area (Å²) in [5.74, 6) is -0.846. The Hall–Kier alpha value is -2.03. The maximum absolute atomic E-state index is 12.7. The Morgan fingerprint density at radius 3 is 1.52 bits per heavy atom. The summed E-state index contributed by atoms with van der Waals surface area (Å²) in [6, 6.07) is 0. The number of hydrogen-bond donors (Lipinski definition) is 1. The average Bonchev–Trinajstić information content (AvgIpc) is 3.15. The molecule has 1 N–H and O–H groups in total. The number of rotatable bonds is 40. The summed E-state index contributed by atoms with van der Waals surface area (Å²) in [4.78, 5) is 35.4. The number of unbranched alkanes of at least 4 members (excludes halogenated alkanes) is 18. The lowest BCUT2D eigenvalue weighted by molar-refractivity contribution is -0.870. The van der Waals surface area contributed by atoms with Gasteiger partial charge in [0.05, 0.1) is 27.7 Å². The molecule has 0 heterocycles. The molecular weight excluding hydrogens is 725 g/mol. The molecule has 56 heavy (non-hydrogen) atoms. The fourth-order valence-corrected chi connectivity index (χ4v) is 6.52. The van der Waals surface area contributed by atoms with Gasteiger partial charge in [0.25, 0.3) is 0 Å². The highest BCUT2D eigenvalue weighted by atomic mass is 31.2. The van der Waals surface area contributed by atoms with Crippen LogP contribution in [-0.4, -0.2) is 74.9 Å². The molecule has 0 aliphatic carbocycles. The average molecular weight is 811 g/mol. The van der Waals surface area contributed by atoms with Crippen LogP contribution in [0.5, 0.6) is 0 Å². The second kappa shape index (κ2) is 38.5. The summed E-state index contributed by atoms with van der Waals surface area (Å²) in [7, 11) is 1.45. The van der Waals surface area contributed by atoms with Crippen LogP contribution in [0.3, 0.4) is 0 Å². The van der Waals surface area contributed by atoms with Crippen molar-refractivity contribution >= 4 is 19.8 Å². The largest absolute Gasteiger partial charge is 0.472 e. The summed E-state index contributed by atoms with van der Waals surface area (Å²) in [5, 5.41) is 0. The van der Waals surface area contributed by atoms with Crippen molar-refractivity contribution in [1.29, 1.82) is 0 Å². The number of allylic oxidation sites excluding steroid dienone is 8. The monoisotopic (exact) mass is 811 g/mol. The standard InChI is InChI=1S/C46H84NO8P/c1-6-8-10-12-14-16-18-20-22-23-25-26-28-30-32-34-36-38-45(48)52-42-44(43-54-56(50,51)53-41-40-47(3,4)5)55-46(49)39-37-35-33-31-29-27-24-21-19-17-15-13-11-9-7-2/h15-18,21,24,29,31,44H,6-14,19-20,22-23,25-28,30,32-43H2,1-5H3/p+1/b17-15+,18-16+,24-21+,31-29+/t44-/m1/s1. The number of nitrogens with zero attached hydrogens (tertiary/aromatic N) is 1. The molecule has 0 saturated carbocycles. The van der Waals surface area contributed by atoms with E-state index in [-0.39, 0.29) is 32.0 Å². The van der Waals surface area contributed by atoms with Crippen LogP contribution in [0.1, 0.15) is 181 Å². The molecule has 10 heteroatoms. The summed E-state index contributed by atoms with van der Waals surface area (Å²) in [6.07, 6.45) is 44.4. The van der Waals surface area contributed by atoms with Crippen LogP contribution in [0.2, 0.25) is 0 Å². The molecule has 0 bridgehead atoms. The van der Waals surface area contributed by atoms with Gasteiger partial charge in [0, 0.05) is 12.8 Å². The predicted molar refractivity (Wildman–Crippen MR) is 233 cm³/mol. The van der Waals surface area contributed by atoms with Gasteiger partial charge in [-0.2, -0.15) is 0 Å². The number of carbonyl (C=O) groups excluding carboxylic acids is 2. The van der Waals surface area contributed by atoms with E-state index in [2.05, 4.69) is 62.5 Å². The first-order valence-corrected chi connectivity index (χ1v) is 23.9. The third-order valence-corrected chi connectivity index (χ3v) is 10.3. The first-order chi connectivity index (χ1) is 27.0. The minimum absolute atomic E-state index is 0.0230. The minimum atomic E-state index is -4.39. The summed E-state index contributed by atoms with van der Waals surface area (Å²) < 4.78 is 34.3. The molecule has 2 atom stereocenters. The molecule has 0 fully saturated rings. The lowest BCUT2D eigenvalue weighted by Crippen LogP contribution is -2.37. The fraction of sp³-hybridized carbons (Fsp3) is 0.783. The van der Waals surface area contributed by atoms with Gasteiger partial charge >= 0.3 is 19.8 Å². The Labute approximate surface area is 343 Å². The molecule has 0 saturated heterocycles. The molecule has 326 valence electrons. The molecule has 0 aromatic rings. The first-order valence-electron chi connectivity index (χ1n) is 22.4. The first kappa shape index (κ1) is 54.0. The fourth-order valence-electron chi connectivity index (χ4n) is 5.78. The van der Waals surface area contributed by atoms with Gasteiger partial charge in [0.15, 0.2) is 6.10 Å². The van der Waals surface area contributed by atoms with E-state index in [0.29, 0.717) is 17.4 Å². The highest BCUT2D eigenvalue weighted by Crippen LogP contribution is 2.43. The van der Waals surface area contributed by atoms with Gasteiger partial charge in [-0.3, -0.25) is 18.6 Å². The minimum Gasteiger partial charge on any atom is -0.462 e. The smallest absolute Gasteiger partial charge is 0.462 e. The Morgan fingerprint density at radius 1 is 0.554 bits per heavy atom. The molecule has 0 amide bonds. The van der Waals surface area contributed by atoms with Gasteiger partial charge in [0.1, 0.15) is 19.8 Å². The SMILES string of the molecule is CCCCC/C=C/C/C=C/C/C=C/CCCCC(=O)O[C@H](COC(=O)CCCCCCCCCCC/C=C/CCCCCC)COP(=O)(O)OCC[N+](C)(C)C. The number of likely N-dealkylation sites (N-methyl/N-ethyl adjacent to an activating group) is 1. The molecule has 0 aromatic heterocycles. The van der Waals surface area contributed by atoms with Crippen LogP contribution in [0, 0.1) is 0 Å². The number of carbonyl (C=O) groups is 2. The predicted octanol–water partition coefficient (Wildman–Crippen LogP) is 12.7. The number of phosphoric ester groups is 1. The lowest BCUT2D eigenvalue weighted by atomic mass is 10.1. The quantitative estimate of drug-likeness (QED) is 0.0214. The van der Waals surface area contributed by atoms with E-state index in [1.165, 1.54) is 96.3 Å². The van der Waals surface area contributed by atoms with Gasteiger partial charge in [-0.05, 0) is 77.0 Å². The summed E-state index contributed by atoms with van der Waals surface area (Å²) in [5.41, 5.74) is 0. The van der Waals surface area contributed by atoms with Gasteiger partial charge in [-0.15, -0.1) is 0 Å². The Morgan fingerprint density at radius 2 is 0.964 bits per heavy atom. The van der Waals surface area contributed by atoms with Crippen molar-refractivity contribution in [1.82, 2.24) is 0 Å². The van der Waals surface area contributed by atoms with Crippen LogP contribution in [0.4, 0.5) is 0 Å². The van der Waals surface area contributed by atoms with E-state index in [9.17, 15) is 19.0 Å². The third kappa shape index (κ3) is 41.6. The zero-order chi connectivity index (χ0) is 41.4. The third-order valence-electron chi connectivity index (χ3n) is 9.33. The van der Waals surface area contributed by atoms with E-state index < -0.39 is 26.5 Å². The van der Waals surface area contributed by atoms with Crippen molar-refractivity contribution in [2.45, 2.75) is 187 Å². The van der Waals surface area contributed by atoms with E-state index in [4.69, 9.17) is 18.5 Å². The Balaban J connectivity index is 4.40. The van der Waals surface area contributed by atoms with E-state index >= 15 is 0 Å².